The van der Waals surface area contributed by atoms with E-state index in [9.17, 15) is 9.59 Å². The first kappa shape index (κ1) is 18.0. The highest BCUT2D eigenvalue weighted by Crippen LogP contribution is 2.27. The molecule has 0 bridgehead atoms. The quantitative estimate of drug-likeness (QED) is 0.845. The van der Waals surface area contributed by atoms with E-state index in [4.69, 9.17) is 27.9 Å². The van der Waals surface area contributed by atoms with Gasteiger partial charge >= 0.3 is 11.4 Å². The Morgan fingerprint density at radius 1 is 1.32 bits per heavy atom. The summed E-state index contributed by atoms with van der Waals surface area (Å²) in [5, 5.41) is 4.07. The third-order valence-electron chi connectivity index (χ3n) is 4.19. The smallest absolute Gasteiger partial charge is 0.355 e. The number of nitrogens with zero attached hydrogens (tertiary/aromatic N) is 2. The molecule has 25 heavy (non-hydrogen) atoms. The Bertz CT molecular complexity index is 843. The van der Waals surface area contributed by atoms with E-state index in [2.05, 4.69) is 15.3 Å². The van der Waals surface area contributed by atoms with Gasteiger partial charge in [-0.2, -0.15) is 4.98 Å². The summed E-state index contributed by atoms with van der Waals surface area (Å²) in [4.78, 5) is 31.2. The molecule has 1 aromatic heterocycles. The molecule has 0 unspecified atom stereocenters. The van der Waals surface area contributed by atoms with Crippen LogP contribution in [0.5, 0.6) is 0 Å². The normalized spacial score (nSPS) is 16.6. The fourth-order valence-corrected chi connectivity index (χ4v) is 3.35. The Kier molecular flexibility index (Phi) is 5.46. The number of aromatic nitrogens is 3. The van der Waals surface area contributed by atoms with Crippen molar-refractivity contribution in [1.82, 2.24) is 14.5 Å². The molecule has 1 saturated heterocycles. The van der Waals surface area contributed by atoms with Gasteiger partial charge in [0.05, 0.1) is 6.04 Å². The van der Waals surface area contributed by atoms with Gasteiger partial charge in [0.25, 0.3) is 0 Å². The summed E-state index contributed by atoms with van der Waals surface area (Å²) < 4.78 is 6.42. The van der Waals surface area contributed by atoms with Crippen molar-refractivity contribution in [3.8, 4) is 0 Å². The molecule has 0 amide bonds. The van der Waals surface area contributed by atoms with Crippen molar-refractivity contribution in [3.05, 3.63) is 54.8 Å². The molecule has 2 heterocycles. The number of anilines is 1. The van der Waals surface area contributed by atoms with Crippen LogP contribution in [0, 0.1) is 0 Å². The van der Waals surface area contributed by atoms with Crippen molar-refractivity contribution in [1.29, 1.82) is 0 Å². The largest absolute Gasteiger partial charge is 0.381 e. The van der Waals surface area contributed by atoms with E-state index in [1.54, 1.807) is 18.2 Å². The lowest BCUT2D eigenvalue weighted by molar-refractivity contribution is 0.0670. The maximum absolute atomic E-state index is 12.3. The highest BCUT2D eigenvalue weighted by atomic mass is 35.5. The maximum Gasteiger partial charge on any atom is 0.355 e. The molecular weight excluding hydrogens is 367 g/mol. The van der Waals surface area contributed by atoms with E-state index in [-0.39, 0.29) is 18.0 Å². The topological polar surface area (TPSA) is 89.0 Å². The standard InChI is InChI=1S/C16H18Cl2N4O3/c1-9(12-8-10(17)2-3-13(12)18)19-14-20-15(23)22(16(24)21-14)11-4-6-25-7-5-11/h2-3,8-9,11H,4-7H2,1H3,(H2,19,20,21,23,24)/t9-/m0/s1. The number of benzene rings is 1. The van der Waals surface area contributed by atoms with Gasteiger partial charge in [-0.1, -0.05) is 23.2 Å². The zero-order valence-electron chi connectivity index (χ0n) is 13.6. The second-order valence-corrected chi connectivity index (χ2v) is 6.76. The molecule has 9 heteroatoms. The predicted molar refractivity (Wildman–Crippen MR) is 96.7 cm³/mol. The van der Waals surface area contributed by atoms with Gasteiger partial charge in [0.1, 0.15) is 0 Å². The number of hydrogen-bond acceptors (Lipinski definition) is 5. The molecule has 1 fully saturated rings. The Morgan fingerprint density at radius 2 is 2.04 bits per heavy atom. The number of halogens is 2. The zero-order chi connectivity index (χ0) is 18.0. The highest BCUT2D eigenvalue weighted by Gasteiger charge is 2.21. The van der Waals surface area contributed by atoms with Gasteiger partial charge in [-0.15, -0.1) is 0 Å². The number of aromatic amines is 1. The van der Waals surface area contributed by atoms with E-state index in [1.165, 1.54) is 0 Å². The second-order valence-electron chi connectivity index (χ2n) is 5.92. The molecule has 1 aliphatic heterocycles. The summed E-state index contributed by atoms with van der Waals surface area (Å²) in [7, 11) is 0. The lowest BCUT2D eigenvalue weighted by atomic mass is 10.1. The van der Waals surface area contributed by atoms with Gasteiger partial charge < -0.3 is 10.1 Å². The van der Waals surface area contributed by atoms with Crippen molar-refractivity contribution >= 4 is 29.2 Å². The van der Waals surface area contributed by atoms with Gasteiger partial charge in [0.15, 0.2) is 0 Å². The third-order valence-corrected chi connectivity index (χ3v) is 4.77. The number of rotatable bonds is 4. The fraction of sp³-hybridized carbons (Fsp3) is 0.438. The number of ether oxygens (including phenoxy) is 1. The molecule has 3 rings (SSSR count). The number of H-pyrrole nitrogens is 1. The van der Waals surface area contributed by atoms with E-state index >= 15 is 0 Å². The molecule has 0 radical (unpaired) electrons. The summed E-state index contributed by atoms with van der Waals surface area (Å²) in [6.45, 7) is 2.89. The van der Waals surface area contributed by atoms with Gasteiger partial charge in [0, 0.05) is 29.3 Å². The van der Waals surface area contributed by atoms with Crippen LogP contribution in [-0.2, 0) is 4.74 Å². The first-order valence-electron chi connectivity index (χ1n) is 7.98. The third kappa shape index (κ3) is 4.05. The van der Waals surface area contributed by atoms with Crippen LogP contribution in [0.25, 0.3) is 0 Å². The van der Waals surface area contributed by atoms with Crippen LogP contribution in [0.2, 0.25) is 10.0 Å². The van der Waals surface area contributed by atoms with Crippen molar-refractivity contribution in [2.24, 2.45) is 0 Å². The minimum Gasteiger partial charge on any atom is -0.381 e. The minimum absolute atomic E-state index is 0.0989. The number of nitrogens with one attached hydrogen (secondary N) is 2. The van der Waals surface area contributed by atoms with Crippen LogP contribution >= 0.6 is 23.2 Å². The van der Waals surface area contributed by atoms with Crippen molar-refractivity contribution in [2.75, 3.05) is 18.5 Å². The summed E-state index contributed by atoms with van der Waals surface area (Å²) in [6.07, 6.45) is 1.23. The molecule has 0 spiro atoms. The summed E-state index contributed by atoms with van der Waals surface area (Å²) >= 11 is 12.2. The molecule has 134 valence electrons. The Hall–Kier alpha value is -1.83. The molecule has 1 atom stereocenters. The summed E-state index contributed by atoms with van der Waals surface area (Å²) in [5.41, 5.74) is -0.327. The van der Waals surface area contributed by atoms with Crippen LogP contribution < -0.4 is 16.7 Å². The van der Waals surface area contributed by atoms with Gasteiger partial charge in [0.2, 0.25) is 5.95 Å². The molecule has 0 aliphatic carbocycles. The first-order valence-corrected chi connectivity index (χ1v) is 8.73. The summed E-state index contributed by atoms with van der Waals surface area (Å²) in [6, 6.07) is 4.62. The average molecular weight is 385 g/mol. The van der Waals surface area contributed by atoms with Crippen LogP contribution in [0.3, 0.4) is 0 Å². The highest BCUT2D eigenvalue weighted by molar-refractivity contribution is 6.33. The SMILES string of the molecule is C[C@H](Nc1nc(=O)n(C2CCOCC2)c(=O)[nH]1)c1cc(Cl)ccc1Cl. The molecule has 2 aromatic rings. The van der Waals surface area contributed by atoms with Gasteiger partial charge in [-0.3, -0.25) is 4.98 Å². The van der Waals surface area contributed by atoms with Crippen molar-refractivity contribution in [3.63, 3.8) is 0 Å². The van der Waals surface area contributed by atoms with Crippen molar-refractivity contribution in [2.45, 2.75) is 31.8 Å². The Balaban J connectivity index is 1.85. The van der Waals surface area contributed by atoms with Crippen LogP contribution in [0.15, 0.2) is 27.8 Å². The van der Waals surface area contributed by atoms with Crippen molar-refractivity contribution < 1.29 is 4.74 Å². The molecule has 1 aromatic carbocycles. The van der Waals surface area contributed by atoms with Crippen LogP contribution in [0.4, 0.5) is 5.95 Å². The van der Waals surface area contributed by atoms with Crippen LogP contribution in [-0.4, -0.2) is 27.7 Å². The molecule has 0 saturated carbocycles. The maximum atomic E-state index is 12.3. The average Bonchev–Trinajstić information content (AvgIpc) is 2.57. The van der Waals surface area contributed by atoms with E-state index in [1.807, 2.05) is 6.92 Å². The minimum atomic E-state index is -0.581. The Labute approximate surface area is 153 Å². The summed E-state index contributed by atoms with van der Waals surface area (Å²) in [5.74, 6) is 0.0989. The lowest BCUT2D eigenvalue weighted by Crippen LogP contribution is -2.42. The van der Waals surface area contributed by atoms with E-state index in [0.29, 0.717) is 36.1 Å². The monoisotopic (exact) mass is 384 g/mol. The molecule has 2 N–H and O–H groups in total. The molecule has 1 aliphatic rings. The first-order chi connectivity index (χ1) is 12.0. The van der Waals surface area contributed by atoms with Crippen LogP contribution in [0.1, 0.15) is 37.4 Å². The van der Waals surface area contributed by atoms with E-state index in [0.717, 1.165) is 10.1 Å². The van der Waals surface area contributed by atoms with Gasteiger partial charge in [-0.25, -0.2) is 14.2 Å². The number of hydrogen-bond donors (Lipinski definition) is 2. The lowest BCUT2D eigenvalue weighted by Gasteiger charge is -2.23. The zero-order valence-corrected chi connectivity index (χ0v) is 15.1. The predicted octanol–water partition coefficient (Wildman–Crippen LogP) is 2.76. The second kappa shape index (κ2) is 7.59. The van der Waals surface area contributed by atoms with Gasteiger partial charge in [-0.05, 0) is 43.5 Å². The molecular formula is C16H18Cl2N4O3. The fourth-order valence-electron chi connectivity index (χ4n) is 2.89. The van der Waals surface area contributed by atoms with E-state index < -0.39 is 11.4 Å². The molecule has 7 nitrogen and oxygen atoms in total. The Morgan fingerprint density at radius 3 is 2.72 bits per heavy atom.